The predicted octanol–water partition coefficient (Wildman–Crippen LogP) is 1.51. The molecule has 0 aromatic rings. The summed E-state index contributed by atoms with van der Waals surface area (Å²) in [6.07, 6.45) is 2.49. The molecule has 2 aliphatic heterocycles. The molecule has 0 saturated carbocycles. The van der Waals surface area contributed by atoms with Crippen LogP contribution in [-0.4, -0.2) is 36.7 Å². The highest BCUT2D eigenvalue weighted by atomic mass is 16.5. The van der Waals surface area contributed by atoms with Gasteiger partial charge in [0.1, 0.15) is 0 Å². The molecule has 0 atom stereocenters. The average molecular weight is 193 g/mol. The van der Waals surface area contributed by atoms with Gasteiger partial charge < -0.3 is 4.74 Å². The van der Waals surface area contributed by atoms with Crippen molar-refractivity contribution in [1.82, 2.24) is 4.90 Å². The number of nitrogens with zero attached hydrogens (tertiary/aromatic N) is 1. The van der Waals surface area contributed by atoms with E-state index in [9.17, 15) is 0 Å². The van der Waals surface area contributed by atoms with Crippen LogP contribution >= 0.6 is 0 Å². The standard InChI is InChI=1S/C12H19NO/c1-11(2)5-3-7-13-9-12(10-13)6-4-8-14-12/h11H,4,6-10H2,1-2H3. The predicted molar refractivity (Wildman–Crippen MR) is 57.0 cm³/mol. The van der Waals surface area contributed by atoms with E-state index in [4.69, 9.17) is 4.74 Å². The molecule has 0 N–H and O–H groups in total. The summed E-state index contributed by atoms with van der Waals surface area (Å²) in [5.74, 6) is 6.90. The van der Waals surface area contributed by atoms with Crippen molar-refractivity contribution in [3.05, 3.63) is 0 Å². The van der Waals surface area contributed by atoms with Crippen molar-refractivity contribution in [2.75, 3.05) is 26.2 Å². The molecule has 2 nitrogen and oxygen atoms in total. The van der Waals surface area contributed by atoms with Crippen LogP contribution < -0.4 is 0 Å². The number of ether oxygens (including phenoxy) is 1. The number of hydrogen-bond donors (Lipinski definition) is 0. The molecular formula is C12H19NO. The summed E-state index contributed by atoms with van der Waals surface area (Å²) in [5.41, 5.74) is 0.236. The third-order valence-corrected chi connectivity index (χ3v) is 2.90. The largest absolute Gasteiger partial charge is 0.372 e. The number of hydrogen-bond acceptors (Lipinski definition) is 2. The third-order valence-electron chi connectivity index (χ3n) is 2.90. The molecule has 0 amide bonds. The lowest BCUT2D eigenvalue weighted by atomic mass is 9.91. The van der Waals surface area contributed by atoms with E-state index >= 15 is 0 Å². The van der Waals surface area contributed by atoms with Crippen molar-refractivity contribution in [2.24, 2.45) is 5.92 Å². The molecular weight excluding hydrogens is 174 g/mol. The summed E-state index contributed by atoms with van der Waals surface area (Å²) in [4.78, 5) is 2.38. The van der Waals surface area contributed by atoms with Gasteiger partial charge in [0.2, 0.25) is 0 Å². The fraction of sp³-hybridized carbons (Fsp3) is 0.833. The zero-order valence-electron chi connectivity index (χ0n) is 9.18. The van der Waals surface area contributed by atoms with Crippen molar-refractivity contribution in [1.29, 1.82) is 0 Å². The van der Waals surface area contributed by atoms with Crippen LogP contribution in [0.3, 0.4) is 0 Å². The van der Waals surface area contributed by atoms with E-state index in [2.05, 4.69) is 30.6 Å². The molecule has 0 bridgehead atoms. The second-order valence-electron chi connectivity index (χ2n) is 4.76. The van der Waals surface area contributed by atoms with Crippen LogP contribution in [0, 0.1) is 17.8 Å². The van der Waals surface area contributed by atoms with Gasteiger partial charge in [0.25, 0.3) is 0 Å². The Balaban J connectivity index is 1.71. The summed E-state index contributed by atoms with van der Waals surface area (Å²) < 4.78 is 5.74. The van der Waals surface area contributed by atoms with E-state index in [1.165, 1.54) is 12.8 Å². The van der Waals surface area contributed by atoms with E-state index in [-0.39, 0.29) is 5.60 Å². The summed E-state index contributed by atoms with van der Waals surface area (Å²) >= 11 is 0. The third kappa shape index (κ3) is 2.10. The van der Waals surface area contributed by atoms with Crippen LogP contribution in [0.2, 0.25) is 0 Å². The highest BCUT2D eigenvalue weighted by molar-refractivity contribution is 5.08. The molecule has 2 aliphatic rings. The Morgan fingerprint density at radius 3 is 2.79 bits per heavy atom. The molecule has 2 heterocycles. The second kappa shape index (κ2) is 3.92. The van der Waals surface area contributed by atoms with Crippen LogP contribution in [0.4, 0.5) is 0 Å². The fourth-order valence-electron chi connectivity index (χ4n) is 2.25. The molecule has 2 fully saturated rings. The van der Waals surface area contributed by atoms with Gasteiger partial charge in [0.05, 0.1) is 12.1 Å². The lowest BCUT2D eigenvalue weighted by Gasteiger charge is -2.46. The maximum Gasteiger partial charge on any atom is 0.0936 e. The van der Waals surface area contributed by atoms with Gasteiger partial charge in [-0.3, -0.25) is 4.90 Å². The zero-order valence-corrected chi connectivity index (χ0v) is 9.18. The van der Waals surface area contributed by atoms with Crippen molar-refractivity contribution in [3.63, 3.8) is 0 Å². The minimum atomic E-state index is 0.236. The molecule has 0 radical (unpaired) electrons. The molecule has 14 heavy (non-hydrogen) atoms. The molecule has 2 rings (SSSR count). The van der Waals surface area contributed by atoms with Gasteiger partial charge in [-0.1, -0.05) is 25.7 Å². The summed E-state index contributed by atoms with van der Waals surface area (Å²) in [5, 5.41) is 0. The summed E-state index contributed by atoms with van der Waals surface area (Å²) in [6, 6.07) is 0. The van der Waals surface area contributed by atoms with E-state index < -0.39 is 0 Å². The average Bonchev–Trinajstić information content (AvgIpc) is 2.51. The number of rotatable bonds is 1. The van der Waals surface area contributed by atoms with E-state index in [1.807, 2.05) is 0 Å². The Hall–Kier alpha value is -0.520. The van der Waals surface area contributed by atoms with Gasteiger partial charge in [-0.15, -0.1) is 0 Å². The molecule has 0 aliphatic carbocycles. The van der Waals surface area contributed by atoms with Crippen molar-refractivity contribution >= 4 is 0 Å². The van der Waals surface area contributed by atoms with E-state index in [1.54, 1.807) is 0 Å². The van der Waals surface area contributed by atoms with E-state index in [0.29, 0.717) is 5.92 Å². The Labute approximate surface area is 86.6 Å². The summed E-state index contributed by atoms with van der Waals surface area (Å²) in [6.45, 7) is 8.34. The minimum Gasteiger partial charge on any atom is -0.372 e. The Kier molecular flexibility index (Phi) is 2.80. The van der Waals surface area contributed by atoms with Gasteiger partial charge in [-0.05, 0) is 12.8 Å². The van der Waals surface area contributed by atoms with Crippen molar-refractivity contribution < 1.29 is 4.74 Å². The minimum absolute atomic E-state index is 0.236. The van der Waals surface area contributed by atoms with E-state index in [0.717, 1.165) is 26.2 Å². The topological polar surface area (TPSA) is 12.5 Å². The highest BCUT2D eigenvalue weighted by Gasteiger charge is 2.45. The van der Waals surface area contributed by atoms with Gasteiger partial charge in [-0.25, -0.2) is 0 Å². The number of likely N-dealkylation sites (tertiary alicyclic amines) is 1. The van der Waals surface area contributed by atoms with Gasteiger partial charge in [0, 0.05) is 25.6 Å². The van der Waals surface area contributed by atoms with Crippen LogP contribution in [0.25, 0.3) is 0 Å². The summed E-state index contributed by atoms with van der Waals surface area (Å²) in [7, 11) is 0. The molecule has 0 unspecified atom stereocenters. The molecule has 0 aromatic heterocycles. The Morgan fingerprint density at radius 2 is 2.21 bits per heavy atom. The van der Waals surface area contributed by atoms with Crippen LogP contribution in [0.1, 0.15) is 26.7 Å². The Morgan fingerprint density at radius 1 is 1.43 bits per heavy atom. The second-order valence-corrected chi connectivity index (χ2v) is 4.76. The first-order chi connectivity index (χ1) is 6.70. The first kappa shape index (κ1) is 10.0. The maximum absolute atomic E-state index is 5.74. The van der Waals surface area contributed by atoms with Crippen LogP contribution in [0.5, 0.6) is 0 Å². The zero-order chi connectivity index (χ0) is 10.0. The SMILES string of the molecule is CC(C)C#CCN1CC2(CCCO2)C1. The van der Waals surface area contributed by atoms with Gasteiger partial charge in [-0.2, -0.15) is 0 Å². The molecule has 2 saturated heterocycles. The van der Waals surface area contributed by atoms with Gasteiger partial charge >= 0.3 is 0 Å². The molecule has 1 spiro atoms. The molecule has 2 heteroatoms. The Bertz CT molecular complexity index is 247. The fourth-order valence-corrected chi connectivity index (χ4v) is 2.25. The van der Waals surface area contributed by atoms with Crippen LogP contribution in [-0.2, 0) is 4.74 Å². The van der Waals surface area contributed by atoms with Crippen molar-refractivity contribution in [3.8, 4) is 11.8 Å². The maximum atomic E-state index is 5.74. The molecule has 0 aromatic carbocycles. The molecule has 78 valence electrons. The smallest absolute Gasteiger partial charge is 0.0936 e. The monoisotopic (exact) mass is 193 g/mol. The lowest BCUT2D eigenvalue weighted by Crippen LogP contribution is -2.61. The normalized spacial score (nSPS) is 24.8. The quantitative estimate of drug-likeness (QED) is 0.585. The van der Waals surface area contributed by atoms with Crippen LogP contribution in [0.15, 0.2) is 0 Å². The first-order valence-corrected chi connectivity index (χ1v) is 5.55. The highest BCUT2D eigenvalue weighted by Crippen LogP contribution is 2.34. The first-order valence-electron chi connectivity index (χ1n) is 5.55. The van der Waals surface area contributed by atoms with Crippen molar-refractivity contribution in [2.45, 2.75) is 32.3 Å². The van der Waals surface area contributed by atoms with Gasteiger partial charge in [0.15, 0.2) is 0 Å². The lowest BCUT2D eigenvalue weighted by molar-refractivity contribution is -0.105.